The van der Waals surface area contributed by atoms with E-state index in [0.29, 0.717) is 17.7 Å². The maximum atomic E-state index is 13.3. The minimum Gasteiger partial charge on any atom is -0.346 e. The highest BCUT2D eigenvalue weighted by Crippen LogP contribution is 2.36. The number of hydrogen-bond acceptors (Lipinski definition) is 3. The smallest absolute Gasteiger partial charge is 0.346 e. The molecule has 37 heavy (non-hydrogen) atoms. The van der Waals surface area contributed by atoms with Crippen molar-refractivity contribution in [1.82, 2.24) is 20.3 Å². The van der Waals surface area contributed by atoms with Crippen LogP contribution >= 0.6 is 15.9 Å². The monoisotopic (exact) mass is 582 g/mol. The number of aromatic nitrogens is 3. The number of nitrogens with zero attached hydrogens (tertiary/aromatic N) is 3. The van der Waals surface area contributed by atoms with Crippen LogP contribution in [0.15, 0.2) is 77.3 Å². The van der Waals surface area contributed by atoms with E-state index in [1.165, 1.54) is 0 Å². The summed E-state index contributed by atoms with van der Waals surface area (Å²) in [7, 11) is 0. The normalized spacial score (nSPS) is 12.0. The minimum atomic E-state index is -4.99. The zero-order valence-electron chi connectivity index (χ0n) is 18.7. The summed E-state index contributed by atoms with van der Waals surface area (Å²) >= 11 is 3.39. The van der Waals surface area contributed by atoms with Crippen LogP contribution in [0.4, 0.5) is 26.3 Å². The molecular formula is C25H17BrF6N4O. The third-order valence-corrected chi connectivity index (χ3v) is 6.15. The maximum absolute atomic E-state index is 13.3. The summed E-state index contributed by atoms with van der Waals surface area (Å²) in [5, 5.41) is 10.5. The molecule has 1 N–H and O–H groups in total. The van der Waals surface area contributed by atoms with Crippen LogP contribution in [0.3, 0.4) is 0 Å². The predicted octanol–water partition coefficient (Wildman–Crippen LogP) is 6.72. The second kappa shape index (κ2) is 10.4. The molecule has 0 aliphatic heterocycles. The zero-order valence-corrected chi connectivity index (χ0v) is 20.3. The number of amides is 1. The summed E-state index contributed by atoms with van der Waals surface area (Å²) in [6.45, 7) is -0.342. The van der Waals surface area contributed by atoms with Crippen molar-refractivity contribution in [2.24, 2.45) is 0 Å². The van der Waals surface area contributed by atoms with E-state index < -0.39 is 35.9 Å². The molecule has 3 aromatic carbocycles. The lowest BCUT2D eigenvalue weighted by Gasteiger charge is -2.15. The van der Waals surface area contributed by atoms with Gasteiger partial charge in [-0.1, -0.05) is 69.7 Å². The summed E-state index contributed by atoms with van der Waals surface area (Å²) < 4.78 is 81.8. The largest absolute Gasteiger partial charge is 0.416 e. The highest BCUT2D eigenvalue weighted by Gasteiger charge is 2.37. The zero-order chi connectivity index (χ0) is 26.8. The fourth-order valence-electron chi connectivity index (χ4n) is 3.64. The second-order valence-electron chi connectivity index (χ2n) is 8.00. The van der Waals surface area contributed by atoms with Crippen molar-refractivity contribution < 1.29 is 31.1 Å². The Labute approximate surface area is 215 Å². The molecule has 0 aliphatic carbocycles. The minimum absolute atomic E-state index is 0.0591. The van der Waals surface area contributed by atoms with Gasteiger partial charge in [0.1, 0.15) is 5.69 Å². The van der Waals surface area contributed by atoms with Gasteiger partial charge < -0.3 is 5.32 Å². The molecule has 1 amide bonds. The Bertz CT molecular complexity index is 1380. The first-order valence-corrected chi connectivity index (χ1v) is 11.5. The molecular weight excluding hydrogens is 566 g/mol. The number of alkyl halides is 6. The molecule has 1 aromatic heterocycles. The first kappa shape index (κ1) is 26.4. The van der Waals surface area contributed by atoms with E-state index in [2.05, 4.69) is 31.6 Å². The molecule has 0 bridgehead atoms. The van der Waals surface area contributed by atoms with Crippen molar-refractivity contribution in [3.8, 4) is 11.3 Å². The number of benzene rings is 3. The Morgan fingerprint density at radius 2 is 1.46 bits per heavy atom. The van der Waals surface area contributed by atoms with Crippen molar-refractivity contribution in [2.45, 2.75) is 25.4 Å². The molecule has 192 valence electrons. The molecule has 4 aromatic rings. The summed E-state index contributed by atoms with van der Waals surface area (Å²) in [5.74, 6) is -0.610. The van der Waals surface area contributed by atoms with Gasteiger partial charge in [0.25, 0.3) is 5.91 Å². The fourth-order valence-corrected chi connectivity index (χ4v) is 4.07. The number of halogens is 7. The predicted molar refractivity (Wildman–Crippen MR) is 126 cm³/mol. The van der Waals surface area contributed by atoms with Crippen LogP contribution in [0.25, 0.3) is 11.3 Å². The van der Waals surface area contributed by atoms with E-state index in [4.69, 9.17) is 0 Å². The lowest BCUT2D eigenvalue weighted by Crippen LogP contribution is -2.24. The van der Waals surface area contributed by atoms with E-state index in [1.54, 1.807) is 48.5 Å². The van der Waals surface area contributed by atoms with E-state index in [0.717, 1.165) is 14.7 Å². The molecule has 0 fully saturated rings. The summed E-state index contributed by atoms with van der Waals surface area (Å²) in [5.41, 5.74) is -1.91. The lowest BCUT2D eigenvalue weighted by atomic mass is 10.0. The average Bonchev–Trinajstić information content (AvgIpc) is 3.26. The SMILES string of the molecule is O=C(NCc1ccccc1Br)c1nnn(Cc2cc(C(F)(F)F)cc(C(F)(F)F)c2)c1-c1ccccc1. The van der Waals surface area contributed by atoms with E-state index in [9.17, 15) is 31.1 Å². The average molecular weight is 583 g/mol. The van der Waals surface area contributed by atoms with E-state index in [-0.39, 0.29) is 29.6 Å². The third-order valence-electron chi connectivity index (χ3n) is 5.37. The Hall–Kier alpha value is -3.67. The van der Waals surface area contributed by atoms with Gasteiger partial charge >= 0.3 is 12.4 Å². The van der Waals surface area contributed by atoms with Crippen LogP contribution in [0.5, 0.6) is 0 Å². The van der Waals surface area contributed by atoms with Gasteiger partial charge in [0, 0.05) is 16.6 Å². The Morgan fingerprint density at radius 3 is 2.05 bits per heavy atom. The highest BCUT2D eigenvalue weighted by atomic mass is 79.9. The van der Waals surface area contributed by atoms with Crippen molar-refractivity contribution in [2.75, 3.05) is 0 Å². The quantitative estimate of drug-likeness (QED) is 0.257. The number of hydrogen-bond donors (Lipinski definition) is 1. The van der Waals surface area contributed by atoms with Gasteiger partial charge in [0.2, 0.25) is 0 Å². The number of carbonyl (C=O) groups is 1. The van der Waals surface area contributed by atoms with Crippen LogP contribution in [0.1, 0.15) is 32.7 Å². The molecule has 5 nitrogen and oxygen atoms in total. The maximum Gasteiger partial charge on any atom is 0.416 e. The van der Waals surface area contributed by atoms with Gasteiger partial charge in [-0.25, -0.2) is 4.68 Å². The highest BCUT2D eigenvalue weighted by molar-refractivity contribution is 9.10. The van der Waals surface area contributed by atoms with Gasteiger partial charge in [-0.3, -0.25) is 4.79 Å². The molecule has 0 saturated heterocycles. The molecule has 12 heteroatoms. The van der Waals surface area contributed by atoms with Crippen molar-refractivity contribution in [1.29, 1.82) is 0 Å². The third kappa shape index (κ3) is 6.19. The van der Waals surface area contributed by atoms with Crippen molar-refractivity contribution in [3.63, 3.8) is 0 Å². The number of carbonyl (C=O) groups excluding carboxylic acids is 1. The van der Waals surface area contributed by atoms with Crippen molar-refractivity contribution in [3.05, 3.63) is 105 Å². The van der Waals surface area contributed by atoms with Gasteiger partial charge in [-0.15, -0.1) is 5.10 Å². The first-order chi connectivity index (χ1) is 17.4. The van der Waals surface area contributed by atoms with Crippen LogP contribution in [0.2, 0.25) is 0 Å². The second-order valence-corrected chi connectivity index (χ2v) is 8.85. The molecule has 0 unspecified atom stereocenters. The molecule has 0 aliphatic rings. The van der Waals surface area contributed by atoms with Gasteiger partial charge in [-0.05, 0) is 35.4 Å². The van der Waals surface area contributed by atoms with E-state index >= 15 is 0 Å². The fraction of sp³-hybridized carbons (Fsp3) is 0.160. The van der Waals surface area contributed by atoms with Crippen LogP contribution < -0.4 is 5.32 Å². The summed E-state index contributed by atoms with van der Waals surface area (Å²) in [6, 6.07) is 16.8. The molecule has 1 heterocycles. The number of nitrogens with one attached hydrogen (secondary N) is 1. The van der Waals surface area contributed by atoms with Gasteiger partial charge in [0.15, 0.2) is 5.69 Å². The van der Waals surface area contributed by atoms with Gasteiger partial charge in [-0.2, -0.15) is 26.3 Å². The van der Waals surface area contributed by atoms with Gasteiger partial charge in [0.05, 0.1) is 17.7 Å². The first-order valence-electron chi connectivity index (χ1n) is 10.7. The Morgan fingerprint density at radius 1 is 0.865 bits per heavy atom. The lowest BCUT2D eigenvalue weighted by molar-refractivity contribution is -0.143. The molecule has 4 rings (SSSR count). The van der Waals surface area contributed by atoms with Crippen LogP contribution in [-0.4, -0.2) is 20.9 Å². The van der Waals surface area contributed by atoms with Crippen LogP contribution in [-0.2, 0) is 25.4 Å². The topological polar surface area (TPSA) is 59.8 Å². The molecule has 0 saturated carbocycles. The van der Waals surface area contributed by atoms with Crippen LogP contribution in [0, 0.1) is 0 Å². The standard InChI is InChI=1S/C25H17BrF6N4O/c26-20-9-5-4-8-17(20)13-33-23(37)21-22(16-6-2-1-3-7-16)36(35-34-21)14-15-10-18(24(27,28)29)12-19(11-15)25(30,31)32/h1-12H,13-14H2,(H,33,37). The molecule has 0 radical (unpaired) electrons. The molecule has 0 atom stereocenters. The molecule has 0 spiro atoms. The van der Waals surface area contributed by atoms with E-state index in [1.807, 2.05) is 6.07 Å². The number of rotatable bonds is 6. The Balaban J connectivity index is 1.72. The van der Waals surface area contributed by atoms with Crippen molar-refractivity contribution >= 4 is 21.8 Å². The summed E-state index contributed by atoms with van der Waals surface area (Å²) in [6.07, 6.45) is -9.98. The summed E-state index contributed by atoms with van der Waals surface area (Å²) in [4.78, 5) is 13.0. The Kier molecular flexibility index (Phi) is 7.39.